The minimum Gasteiger partial charge on any atom is -0.469 e. The van der Waals surface area contributed by atoms with Gasteiger partial charge in [-0.2, -0.15) is 0 Å². The van der Waals surface area contributed by atoms with Gasteiger partial charge in [-0.3, -0.25) is 9.59 Å². The Labute approximate surface area is 121 Å². The summed E-state index contributed by atoms with van der Waals surface area (Å²) >= 11 is 0. The van der Waals surface area contributed by atoms with E-state index in [1.54, 1.807) is 18.9 Å². The second-order valence-corrected chi connectivity index (χ2v) is 6.25. The number of amides is 1. The van der Waals surface area contributed by atoms with Gasteiger partial charge in [-0.25, -0.2) is 0 Å². The van der Waals surface area contributed by atoms with Gasteiger partial charge in [0, 0.05) is 19.6 Å². The number of likely N-dealkylation sites (N-methyl/N-ethyl adjacent to an activating group) is 1. The summed E-state index contributed by atoms with van der Waals surface area (Å²) in [4.78, 5) is 25.5. The van der Waals surface area contributed by atoms with E-state index in [1.165, 1.54) is 32.8 Å². The van der Waals surface area contributed by atoms with Gasteiger partial charge in [-0.1, -0.05) is 19.8 Å². The van der Waals surface area contributed by atoms with Crippen molar-refractivity contribution < 1.29 is 14.3 Å². The van der Waals surface area contributed by atoms with Crippen molar-refractivity contribution in [3.8, 4) is 0 Å². The molecule has 1 aliphatic carbocycles. The van der Waals surface area contributed by atoms with Crippen LogP contribution >= 0.6 is 0 Å². The van der Waals surface area contributed by atoms with Crippen LogP contribution in [0.3, 0.4) is 0 Å². The van der Waals surface area contributed by atoms with Crippen molar-refractivity contribution >= 4 is 11.9 Å². The number of carbonyl (C=O) groups excluding carboxylic acids is 2. The molecule has 5 nitrogen and oxygen atoms in total. The highest BCUT2D eigenvalue weighted by atomic mass is 16.5. The molecule has 1 aliphatic heterocycles. The Hall–Kier alpha value is -1.10. The lowest BCUT2D eigenvalue weighted by Gasteiger charge is -2.25. The van der Waals surface area contributed by atoms with Crippen molar-refractivity contribution in [1.82, 2.24) is 10.2 Å². The van der Waals surface area contributed by atoms with Gasteiger partial charge in [-0.15, -0.1) is 0 Å². The molecule has 0 bridgehead atoms. The number of nitrogens with one attached hydrogen (secondary N) is 1. The number of hydrogen-bond donors (Lipinski definition) is 1. The number of fused-ring (bicyclic) bond motifs is 1. The van der Waals surface area contributed by atoms with Crippen molar-refractivity contribution in [2.45, 2.75) is 51.1 Å². The Morgan fingerprint density at radius 3 is 2.70 bits per heavy atom. The molecule has 0 aromatic carbocycles. The van der Waals surface area contributed by atoms with Crippen molar-refractivity contribution in [3.05, 3.63) is 0 Å². The largest absolute Gasteiger partial charge is 0.469 e. The number of ether oxygens (including phenoxy) is 1. The summed E-state index contributed by atoms with van der Waals surface area (Å²) in [5, 5.41) is 3.48. The van der Waals surface area contributed by atoms with Crippen LogP contribution < -0.4 is 5.32 Å². The van der Waals surface area contributed by atoms with Crippen LogP contribution in [0.5, 0.6) is 0 Å². The van der Waals surface area contributed by atoms with Gasteiger partial charge in [0.1, 0.15) is 0 Å². The topological polar surface area (TPSA) is 58.6 Å². The first kappa shape index (κ1) is 15.3. The summed E-state index contributed by atoms with van der Waals surface area (Å²) in [6.45, 7) is 2.20. The second-order valence-electron chi connectivity index (χ2n) is 6.25. The monoisotopic (exact) mass is 282 g/mol. The van der Waals surface area contributed by atoms with Crippen LogP contribution in [0.1, 0.15) is 39.0 Å². The molecule has 0 aromatic rings. The average molecular weight is 282 g/mol. The van der Waals surface area contributed by atoms with Crippen LogP contribution in [0.15, 0.2) is 0 Å². The van der Waals surface area contributed by atoms with Gasteiger partial charge in [0.25, 0.3) is 0 Å². The van der Waals surface area contributed by atoms with Crippen molar-refractivity contribution in [2.75, 3.05) is 20.7 Å². The lowest BCUT2D eigenvalue weighted by Crippen LogP contribution is -2.45. The average Bonchev–Trinajstić information content (AvgIpc) is 2.89. The van der Waals surface area contributed by atoms with Gasteiger partial charge >= 0.3 is 5.97 Å². The van der Waals surface area contributed by atoms with Crippen molar-refractivity contribution in [2.24, 2.45) is 11.8 Å². The van der Waals surface area contributed by atoms with E-state index in [9.17, 15) is 9.59 Å². The van der Waals surface area contributed by atoms with Crippen LogP contribution in [0, 0.1) is 11.8 Å². The molecule has 0 spiro atoms. The van der Waals surface area contributed by atoms with Crippen LogP contribution in [0.4, 0.5) is 0 Å². The number of carbonyl (C=O) groups is 2. The quantitative estimate of drug-likeness (QED) is 0.787. The molecule has 1 amide bonds. The Bertz CT molecular complexity index is 358. The minimum atomic E-state index is -0.280. The third-order valence-corrected chi connectivity index (χ3v) is 4.69. The lowest BCUT2D eigenvalue weighted by atomic mass is 9.85. The number of nitrogens with zero attached hydrogens (tertiary/aromatic N) is 1. The molecular formula is C15H26N2O3. The molecule has 2 aliphatic rings. The summed E-state index contributed by atoms with van der Waals surface area (Å²) in [6.07, 6.45) is 5.93. The highest BCUT2D eigenvalue weighted by Gasteiger charge is 2.39. The smallest absolute Gasteiger partial charge is 0.310 e. The summed E-state index contributed by atoms with van der Waals surface area (Å²) in [6, 6.07) is 0.446. The minimum absolute atomic E-state index is 0.0713. The van der Waals surface area contributed by atoms with Crippen LogP contribution in [-0.4, -0.2) is 49.6 Å². The van der Waals surface area contributed by atoms with Crippen LogP contribution in [0.2, 0.25) is 0 Å². The Kier molecular flexibility index (Phi) is 5.02. The fourth-order valence-electron chi connectivity index (χ4n) is 3.55. The maximum absolute atomic E-state index is 12.4. The molecule has 1 saturated carbocycles. The molecule has 0 aromatic heterocycles. The number of rotatable bonds is 4. The first-order valence-corrected chi connectivity index (χ1v) is 7.61. The number of hydrogen-bond acceptors (Lipinski definition) is 4. The molecule has 0 radical (unpaired) electrons. The zero-order valence-electron chi connectivity index (χ0n) is 12.7. The van der Waals surface area contributed by atoms with Crippen LogP contribution in [-0.2, 0) is 14.3 Å². The van der Waals surface area contributed by atoms with Crippen LogP contribution in [0.25, 0.3) is 0 Å². The Morgan fingerprint density at radius 2 is 2.05 bits per heavy atom. The number of methoxy groups -OCH3 is 1. The molecule has 4 atom stereocenters. The number of esters is 1. The zero-order valence-corrected chi connectivity index (χ0v) is 12.7. The molecule has 2 rings (SSSR count). The van der Waals surface area contributed by atoms with Gasteiger partial charge in [0.2, 0.25) is 5.91 Å². The first-order chi connectivity index (χ1) is 9.52. The van der Waals surface area contributed by atoms with Gasteiger partial charge < -0.3 is 15.0 Å². The molecular weight excluding hydrogens is 256 g/mol. The molecule has 114 valence electrons. The van der Waals surface area contributed by atoms with E-state index in [0.29, 0.717) is 18.5 Å². The van der Waals surface area contributed by atoms with Gasteiger partial charge in [0.15, 0.2) is 0 Å². The van der Waals surface area contributed by atoms with Crippen molar-refractivity contribution in [1.29, 1.82) is 0 Å². The second kappa shape index (κ2) is 6.57. The highest BCUT2D eigenvalue weighted by Crippen LogP contribution is 2.33. The fourth-order valence-corrected chi connectivity index (χ4v) is 3.55. The molecule has 1 saturated heterocycles. The Morgan fingerprint density at radius 1 is 1.35 bits per heavy atom. The third kappa shape index (κ3) is 3.32. The van der Waals surface area contributed by atoms with Crippen molar-refractivity contribution in [3.63, 3.8) is 0 Å². The molecule has 5 heteroatoms. The molecule has 1 N–H and O–H groups in total. The van der Waals surface area contributed by atoms with E-state index in [-0.39, 0.29) is 23.8 Å². The van der Waals surface area contributed by atoms with Gasteiger partial charge in [-0.05, 0) is 25.2 Å². The molecule has 2 fully saturated rings. The normalized spacial score (nSPS) is 30.4. The summed E-state index contributed by atoms with van der Waals surface area (Å²) in [5.74, 6) is 0.217. The standard InChI is InChI=1S/C15H26N2O3/c1-10(15(19)20-3)9-17(2)14(18)13-8-11-6-4-5-7-12(11)16-13/h10-13,16H,4-9H2,1-3H3. The lowest BCUT2D eigenvalue weighted by molar-refractivity contribution is -0.146. The predicted molar refractivity (Wildman–Crippen MR) is 76.1 cm³/mol. The maximum Gasteiger partial charge on any atom is 0.310 e. The van der Waals surface area contributed by atoms with E-state index >= 15 is 0 Å². The van der Waals surface area contributed by atoms with Gasteiger partial charge in [0.05, 0.1) is 19.1 Å². The fraction of sp³-hybridized carbons (Fsp3) is 0.867. The van der Waals surface area contributed by atoms with E-state index in [1.807, 2.05) is 0 Å². The summed E-state index contributed by atoms with van der Waals surface area (Å²) in [5.41, 5.74) is 0. The predicted octanol–water partition coefficient (Wildman–Crippen LogP) is 1.17. The molecule has 20 heavy (non-hydrogen) atoms. The SMILES string of the molecule is COC(=O)C(C)CN(C)C(=O)C1CC2CCCCC2N1. The molecule has 1 heterocycles. The summed E-state index contributed by atoms with van der Waals surface area (Å²) < 4.78 is 4.70. The zero-order chi connectivity index (χ0) is 14.7. The highest BCUT2D eigenvalue weighted by molar-refractivity contribution is 5.83. The van der Waals surface area contributed by atoms with E-state index in [2.05, 4.69) is 5.32 Å². The third-order valence-electron chi connectivity index (χ3n) is 4.69. The van der Waals surface area contributed by atoms with E-state index in [4.69, 9.17) is 4.74 Å². The summed E-state index contributed by atoms with van der Waals surface area (Å²) in [7, 11) is 3.15. The molecule has 4 unspecified atom stereocenters. The Balaban J connectivity index is 1.86. The van der Waals surface area contributed by atoms with E-state index < -0.39 is 0 Å². The first-order valence-electron chi connectivity index (χ1n) is 7.61. The maximum atomic E-state index is 12.4. The van der Waals surface area contributed by atoms with E-state index in [0.717, 1.165) is 6.42 Å².